The fraction of sp³-hybridized carbons (Fsp3) is 1.00. The highest BCUT2D eigenvalue weighted by Crippen LogP contribution is 2.40. The van der Waals surface area contributed by atoms with Crippen molar-refractivity contribution in [2.75, 3.05) is 13.2 Å². The summed E-state index contributed by atoms with van der Waals surface area (Å²) in [6.45, 7) is 10.6. The lowest BCUT2D eigenvalue weighted by Gasteiger charge is -2.54. The second kappa shape index (κ2) is 3.72. The average Bonchev–Trinajstić information content (AvgIpc) is 2.53. The van der Waals surface area contributed by atoms with Crippen molar-refractivity contribution in [3.63, 3.8) is 0 Å². The molecule has 0 N–H and O–H groups in total. The Morgan fingerprint density at radius 1 is 0.933 bits per heavy atom. The summed E-state index contributed by atoms with van der Waals surface area (Å²) in [5.74, 6) is 0. The molecule has 0 spiro atoms. The summed E-state index contributed by atoms with van der Waals surface area (Å²) >= 11 is 0. The van der Waals surface area contributed by atoms with Gasteiger partial charge < -0.3 is 9.47 Å². The minimum atomic E-state index is -0.129. The van der Waals surface area contributed by atoms with Gasteiger partial charge in [-0.05, 0) is 47.0 Å². The molecule has 0 aromatic heterocycles. The minimum Gasteiger partial charge on any atom is -0.337 e. The van der Waals surface area contributed by atoms with Gasteiger partial charge in [-0.1, -0.05) is 0 Å². The molecule has 0 aliphatic carbocycles. The highest BCUT2D eigenvalue weighted by Gasteiger charge is 2.46. The van der Waals surface area contributed by atoms with Gasteiger partial charge in [0.1, 0.15) is 0 Å². The molecule has 0 aromatic rings. The lowest BCUT2D eigenvalue weighted by Crippen LogP contribution is -2.62. The number of ether oxygens (including phenoxy) is 2. The van der Waals surface area contributed by atoms with Gasteiger partial charge in [0.15, 0.2) is 0 Å². The number of hydrogen-bond donors (Lipinski definition) is 0. The molecular weight excluding hydrogens is 190 g/mol. The van der Waals surface area contributed by atoms with Crippen molar-refractivity contribution in [2.45, 2.75) is 64.4 Å². The summed E-state index contributed by atoms with van der Waals surface area (Å²) in [6.07, 6.45) is 3.61. The van der Waals surface area contributed by atoms with E-state index in [-0.39, 0.29) is 17.5 Å². The van der Waals surface area contributed by atoms with Gasteiger partial charge in [0.25, 0.3) is 0 Å². The molecule has 2 fully saturated rings. The first-order valence-electron chi connectivity index (χ1n) is 5.96. The Hall–Kier alpha value is -0.120. The smallest absolute Gasteiger partial charge is 0.219 e. The fourth-order valence-corrected chi connectivity index (χ4v) is 3.08. The van der Waals surface area contributed by atoms with Gasteiger partial charge in [-0.2, -0.15) is 0 Å². The van der Waals surface area contributed by atoms with Crippen molar-refractivity contribution in [3.05, 3.63) is 0 Å². The normalized spacial score (nSPS) is 32.0. The quantitative estimate of drug-likeness (QED) is 0.667. The van der Waals surface area contributed by atoms with Gasteiger partial charge in [0.05, 0.1) is 13.2 Å². The van der Waals surface area contributed by atoms with Crippen molar-refractivity contribution in [3.8, 4) is 0 Å². The lowest BCUT2D eigenvalue weighted by atomic mass is 9.80. The maximum atomic E-state index is 5.67. The van der Waals surface area contributed by atoms with E-state index >= 15 is 0 Å². The van der Waals surface area contributed by atoms with Crippen LogP contribution in [0.5, 0.6) is 0 Å². The van der Waals surface area contributed by atoms with Crippen molar-refractivity contribution in [1.29, 1.82) is 0 Å². The largest absolute Gasteiger partial charge is 0.337 e. The molecule has 0 amide bonds. The molecule has 0 aromatic carbocycles. The second-order valence-electron chi connectivity index (χ2n) is 5.90. The van der Waals surface area contributed by atoms with Gasteiger partial charge in [-0.25, -0.2) is 4.90 Å². The monoisotopic (exact) mass is 213 g/mol. The van der Waals surface area contributed by atoms with Crippen LogP contribution in [-0.4, -0.2) is 35.6 Å². The maximum absolute atomic E-state index is 5.67. The molecule has 2 heterocycles. The van der Waals surface area contributed by atoms with E-state index in [0.717, 1.165) is 13.2 Å². The van der Waals surface area contributed by atoms with Crippen LogP contribution in [0, 0.1) is 0 Å². The highest BCUT2D eigenvalue weighted by molar-refractivity contribution is 4.97. The number of rotatable bonds is 1. The molecule has 0 atom stereocenters. The predicted molar refractivity (Wildman–Crippen MR) is 59.5 cm³/mol. The predicted octanol–water partition coefficient (Wildman–Crippen LogP) is 2.36. The molecule has 0 bridgehead atoms. The Morgan fingerprint density at radius 3 is 1.87 bits per heavy atom. The Balaban J connectivity index is 2.21. The van der Waals surface area contributed by atoms with E-state index in [9.17, 15) is 0 Å². The summed E-state index contributed by atoms with van der Waals surface area (Å²) in [6, 6.07) is 0. The molecule has 0 saturated carbocycles. The van der Waals surface area contributed by atoms with Crippen molar-refractivity contribution in [2.24, 2.45) is 0 Å². The summed E-state index contributed by atoms with van der Waals surface area (Å²) in [5, 5.41) is 0. The molecule has 88 valence electrons. The van der Waals surface area contributed by atoms with Crippen molar-refractivity contribution >= 4 is 0 Å². The van der Waals surface area contributed by atoms with Gasteiger partial charge in [0.2, 0.25) is 6.41 Å². The second-order valence-corrected chi connectivity index (χ2v) is 5.90. The third kappa shape index (κ3) is 2.05. The Labute approximate surface area is 92.7 Å². The summed E-state index contributed by atoms with van der Waals surface area (Å²) in [7, 11) is 0. The zero-order chi connectivity index (χ0) is 11.1. The van der Waals surface area contributed by atoms with Crippen LogP contribution in [-0.2, 0) is 9.47 Å². The number of hydrogen-bond acceptors (Lipinski definition) is 3. The first-order chi connectivity index (χ1) is 6.93. The Morgan fingerprint density at radius 2 is 1.40 bits per heavy atom. The molecule has 2 aliphatic heterocycles. The molecule has 3 nitrogen and oxygen atoms in total. The number of likely N-dealkylation sites (tertiary alicyclic amines) is 1. The van der Waals surface area contributed by atoms with Crippen LogP contribution < -0.4 is 0 Å². The standard InChI is InChI=1S/C12H23NO2/c1-11(2)6-5-7-12(3,4)13(11)10-14-8-9-15-10/h10H,5-9H2,1-4H3. The van der Waals surface area contributed by atoms with Gasteiger partial charge in [-0.15, -0.1) is 0 Å². The molecule has 0 radical (unpaired) electrons. The van der Waals surface area contributed by atoms with Crippen LogP contribution in [0.25, 0.3) is 0 Å². The topological polar surface area (TPSA) is 21.7 Å². The molecule has 2 saturated heterocycles. The number of nitrogens with zero attached hydrogens (tertiary/aromatic N) is 1. The summed E-state index contributed by atoms with van der Waals surface area (Å²) in [4.78, 5) is 2.41. The van der Waals surface area contributed by atoms with E-state index in [1.54, 1.807) is 0 Å². The minimum absolute atomic E-state index is 0.129. The van der Waals surface area contributed by atoms with Crippen LogP contribution >= 0.6 is 0 Å². The van der Waals surface area contributed by atoms with Gasteiger partial charge in [-0.3, -0.25) is 0 Å². The summed E-state index contributed by atoms with van der Waals surface area (Å²) < 4.78 is 11.3. The van der Waals surface area contributed by atoms with Crippen molar-refractivity contribution < 1.29 is 9.47 Å². The van der Waals surface area contributed by atoms with Crippen LogP contribution in [0.1, 0.15) is 47.0 Å². The zero-order valence-corrected chi connectivity index (χ0v) is 10.4. The lowest BCUT2D eigenvalue weighted by molar-refractivity contribution is -0.231. The van der Waals surface area contributed by atoms with E-state index in [1.807, 2.05) is 0 Å². The SMILES string of the molecule is CC1(C)CCCC(C)(C)N1C1OCCO1. The van der Waals surface area contributed by atoms with E-state index in [2.05, 4.69) is 32.6 Å². The first-order valence-corrected chi connectivity index (χ1v) is 5.96. The molecule has 2 aliphatic rings. The Kier molecular flexibility index (Phi) is 2.82. The summed E-state index contributed by atoms with van der Waals surface area (Å²) in [5.41, 5.74) is 0.355. The van der Waals surface area contributed by atoms with Crippen LogP contribution in [0.15, 0.2) is 0 Å². The molecule has 15 heavy (non-hydrogen) atoms. The van der Waals surface area contributed by atoms with E-state index in [0.29, 0.717) is 0 Å². The van der Waals surface area contributed by atoms with E-state index in [4.69, 9.17) is 9.47 Å². The molecule has 3 heteroatoms. The third-order valence-electron chi connectivity index (χ3n) is 3.70. The maximum Gasteiger partial charge on any atom is 0.219 e. The molecular formula is C12H23NO2. The number of piperidine rings is 1. The molecule has 2 rings (SSSR count). The van der Waals surface area contributed by atoms with Crippen LogP contribution in [0.2, 0.25) is 0 Å². The Bertz CT molecular complexity index is 216. The fourth-order valence-electron chi connectivity index (χ4n) is 3.08. The zero-order valence-electron chi connectivity index (χ0n) is 10.4. The average molecular weight is 213 g/mol. The molecule has 0 unspecified atom stereocenters. The third-order valence-corrected chi connectivity index (χ3v) is 3.70. The van der Waals surface area contributed by atoms with E-state index < -0.39 is 0 Å². The van der Waals surface area contributed by atoms with Crippen molar-refractivity contribution in [1.82, 2.24) is 4.90 Å². The van der Waals surface area contributed by atoms with Crippen LogP contribution in [0.3, 0.4) is 0 Å². The van der Waals surface area contributed by atoms with Gasteiger partial charge in [0, 0.05) is 11.1 Å². The highest BCUT2D eigenvalue weighted by atomic mass is 16.7. The first kappa shape index (κ1) is 11.4. The van der Waals surface area contributed by atoms with Gasteiger partial charge >= 0.3 is 0 Å². The van der Waals surface area contributed by atoms with E-state index in [1.165, 1.54) is 19.3 Å². The van der Waals surface area contributed by atoms with Crippen LogP contribution in [0.4, 0.5) is 0 Å².